The maximum atomic E-state index is 6.94. The summed E-state index contributed by atoms with van der Waals surface area (Å²) < 4.78 is 33.3. The average Bonchev–Trinajstić information content (AvgIpc) is 2.99. The third-order valence-electron chi connectivity index (χ3n) is 8.14. The molecule has 0 amide bonds. The molecule has 42 heavy (non-hydrogen) atoms. The molecule has 0 fully saturated rings. The van der Waals surface area contributed by atoms with Crippen LogP contribution in [0.15, 0.2) is 0 Å². The van der Waals surface area contributed by atoms with Crippen molar-refractivity contribution in [2.45, 2.75) is 201 Å². The Kier molecular flexibility index (Phi) is 31.4. The van der Waals surface area contributed by atoms with Crippen molar-refractivity contribution in [2.75, 3.05) is 26.4 Å². The molecule has 0 unspecified atom stereocenters. The highest BCUT2D eigenvalue weighted by Gasteiger charge is 2.50. The Morgan fingerprint density at radius 3 is 0.881 bits per heavy atom. The molecule has 0 aliphatic heterocycles. The van der Waals surface area contributed by atoms with Crippen molar-refractivity contribution in [2.24, 2.45) is 0 Å². The molecule has 0 saturated carbocycles. The van der Waals surface area contributed by atoms with E-state index in [1.165, 1.54) is 128 Å². The van der Waals surface area contributed by atoms with Gasteiger partial charge in [0.15, 0.2) is 0 Å². The summed E-state index contributed by atoms with van der Waals surface area (Å²) in [6.45, 7) is 16.2. The minimum Gasteiger partial charge on any atom is -0.374 e. The smallest absolute Gasteiger partial charge is 0.374 e. The van der Waals surface area contributed by atoms with E-state index in [0.29, 0.717) is 26.4 Å². The molecular weight excluding hydrogens is 557 g/mol. The normalized spacial score (nSPS) is 12.4. The summed E-state index contributed by atoms with van der Waals surface area (Å²) in [6.07, 6.45) is 30.0. The van der Waals surface area contributed by atoms with Crippen LogP contribution in [0, 0.1) is 0 Å². The third-order valence-corrected chi connectivity index (χ3v) is 14.5. The van der Waals surface area contributed by atoms with Crippen LogP contribution in [0.3, 0.4) is 0 Å². The van der Waals surface area contributed by atoms with Gasteiger partial charge in [0.05, 0.1) is 0 Å². The topological polar surface area (TPSA) is 46.2 Å². The predicted molar refractivity (Wildman–Crippen MR) is 186 cm³/mol. The van der Waals surface area contributed by atoms with Crippen LogP contribution in [-0.2, 0) is 21.8 Å². The SMILES string of the molecule is CCCCCCCCO[Si](C)(OCCCCCCCC)O[Si](CC)(OCCCCCCCC)OCCCCCCCC. The fourth-order valence-electron chi connectivity index (χ4n) is 5.26. The van der Waals surface area contributed by atoms with Gasteiger partial charge in [-0.05, 0) is 25.7 Å². The van der Waals surface area contributed by atoms with Crippen molar-refractivity contribution in [1.82, 2.24) is 0 Å². The number of unbranched alkanes of at least 4 members (excludes halogenated alkanes) is 20. The Bertz CT molecular complexity index is 502. The lowest BCUT2D eigenvalue weighted by atomic mass is 10.1. The lowest BCUT2D eigenvalue weighted by molar-refractivity contribution is 0.0423. The zero-order chi connectivity index (χ0) is 31.0. The van der Waals surface area contributed by atoms with Gasteiger partial charge in [0.2, 0.25) is 0 Å². The van der Waals surface area contributed by atoms with Gasteiger partial charge in [0.1, 0.15) is 0 Å². The van der Waals surface area contributed by atoms with Crippen molar-refractivity contribution in [3.05, 3.63) is 0 Å². The van der Waals surface area contributed by atoms with Crippen LogP contribution in [0.25, 0.3) is 0 Å². The first-order valence-corrected chi connectivity index (χ1v) is 22.9. The molecule has 0 spiro atoms. The molecule has 0 rings (SSSR count). The van der Waals surface area contributed by atoms with Gasteiger partial charge in [0.25, 0.3) is 0 Å². The van der Waals surface area contributed by atoms with E-state index in [1.54, 1.807) is 0 Å². The first-order chi connectivity index (χ1) is 20.5. The Hall–Kier alpha value is 0.234. The molecule has 0 aliphatic rings. The van der Waals surface area contributed by atoms with E-state index >= 15 is 0 Å². The van der Waals surface area contributed by atoms with E-state index in [9.17, 15) is 0 Å². The third kappa shape index (κ3) is 25.5. The zero-order valence-corrected chi connectivity index (χ0v) is 31.5. The van der Waals surface area contributed by atoms with Crippen LogP contribution in [-0.4, -0.2) is 44.0 Å². The summed E-state index contributed by atoms with van der Waals surface area (Å²) in [5.41, 5.74) is 0. The molecule has 0 aromatic rings. The molecule has 0 aromatic heterocycles. The molecule has 0 radical (unpaired) electrons. The van der Waals surface area contributed by atoms with Gasteiger partial charge in [-0.2, -0.15) is 0 Å². The van der Waals surface area contributed by atoms with E-state index in [4.69, 9.17) is 21.8 Å². The number of hydrogen-bond acceptors (Lipinski definition) is 5. The standard InChI is InChI=1S/C35H76O5Si2/c1-7-12-16-20-24-28-32-36-41(6,37-33-29-25-21-17-13-8-2)40-42(11-5,38-34-30-26-22-18-14-9-3)39-35-31-27-23-19-15-10-4/h7-35H2,1-6H3. The predicted octanol–water partition coefficient (Wildman–Crippen LogP) is 12.0. The largest absolute Gasteiger partial charge is 0.493 e. The Labute approximate surface area is 266 Å². The van der Waals surface area contributed by atoms with Crippen molar-refractivity contribution < 1.29 is 21.8 Å². The second-order valence-corrected chi connectivity index (χ2v) is 18.2. The van der Waals surface area contributed by atoms with E-state index in [-0.39, 0.29) is 0 Å². The minimum absolute atomic E-state index is 0.703. The van der Waals surface area contributed by atoms with E-state index in [1.807, 2.05) is 0 Å². The Balaban J connectivity index is 5.22. The van der Waals surface area contributed by atoms with Crippen LogP contribution in [0.4, 0.5) is 0 Å². The van der Waals surface area contributed by atoms with Crippen LogP contribution in [0.1, 0.15) is 189 Å². The van der Waals surface area contributed by atoms with Crippen molar-refractivity contribution in [1.29, 1.82) is 0 Å². The van der Waals surface area contributed by atoms with E-state index in [2.05, 4.69) is 41.2 Å². The lowest BCUT2D eigenvalue weighted by Gasteiger charge is -2.36. The van der Waals surface area contributed by atoms with Crippen molar-refractivity contribution >= 4 is 17.6 Å². The van der Waals surface area contributed by atoms with Crippen LogP contribution in [0.2, 0.25) is 12.6 Å². The highest BCUT2D eigenvalue weighted by Crippen LogP contribution is 2.25. The molecule has 0 saturated heterocycles. The fraction of sp³-hybridized carbons (Fsp3) is 1.00. The van der Waals surface area contributed by atoms with Gasteiger partial charge in [-0.1, -0.05) is 163 Å². The fourth-order valence-corrected chi connectivity index (χ4v) is 11.6. The van der Waals surface area contributed by atoms with Gasteiger partial charge < -0.3 is 21.8 Å². The number of rotatable bonds is 35. The highest BCUT2D eigenvalue weighted by atomic mass is 28.5. The van der Waals surface area contributed by atoms with Gasteiger partial charge in [-0.15, -0.1) is 0 Å². The Morgan fingerprint density at radius 1 is 0.333 bits per heavy atom. The van der Waals surface area contributed by atoms with E-state index < -0.39 is 17.6 Å². The monoisotopic (exact) mass is 633 g/mol. The molecule has 0 heterocycles. The molecule has 0 atom stereocenters. The maximum absolute atomic E-state index is 6.94. The summed E-state index contributed by atoms with van der Waals surface area (Å²) in [6, 6.07) is 0.766. The summed E-state index contributed by atoms with van der Waals surface area (Å²) in [5.74, 6) is 0. The van der Waals surface area contributed by atoms with Gasteiger partial charge in [-0.3, -0.25) is 0 Å². The molecule has 5 nitrogen and oxygen atoms in total. The molecule has 254 valence electrons. The molecule has 0 bridgehead atoms. The van der Waals surface area contributed by atoms with Crippen molar-refractivity contribution in [3.63, 3.8) is 0 Å². The van der Waals surface area contributed by atoms with Crippen molar-refractivity contribution in [3.8, 4) is 0 Å². The van der Waals surface area contributed by atoms with Crippen LogP contribution < -0.4 is 0 Å². The van der Waals surface area contributed by atoms with E-state index in [0.717, 1.165) is 31.7 Å². The lowest BCUT2D eigenvalue weighted by Crippen LogP contribution is -2.57. The molecule has 0 N–H and O–H groups in total. The summed E-state index contributed by atoms with van der Waals surface area (Å²) in [7, 11) is -5.83. The molecular formula is C35H76O5Si2. The second-order valence-electron chi connectivity index (χ2n) is 12.5. The van der Waals surface area contributed by atoms with Gasteiger partial charge in [0, 0.05) is 39.0 Å². The quantitative estimate of drug-likeness (QED) is 0.0514. The maximum Gasteiger partial charge on any atom is 0.493 e. The summed E-state index contributed by atoms with van der Waals surface area (Å²) >= 11 is 0. The first-order valence-electron chi connectivity index (χ1n) is 18.8. The molecule has 7 heteroatoms. The second kappa shape index (κ2) is 31.2. The Morgan fingerprint density at radius 2 is 0.595 bits per heavy atom. The minimum atomic E-state index is -2.92. The summed E-state index contributed by atoms with van der Waals surface area (Å²) in [4.78, 5) is 0. The summed E-state index contributed by atoms with van der Waals surface area (Å²) in [5, 5.41) is 0. The van der Waals surface area contributed by atoms with Gasteiger partial charge in [-0.25, -0.2) is 0 Å². The average molecular weight is 633 g/mol. The van der Waals surface area contributed by atoms with Crippen LogP contribution in [0.5, 0.6) is 0 Å². The highest BCUT2D eigenvalue weighted by molar-refractivity contribution is 6.74. The van der Waals surface area contributed by atoms with Gasteiger partial charge >= 0.3 is 17.6 Å². The first kappa shape index (κ1) is 42.2. The number of hydrogen-bond donors (Lipinski definition) is 0. The zero-order valence-electron chi connectivity index (χ0n) is 29.5. The molecule has 0 aliphatic carbocycles. The van der Waals surface area contributed by atoms with Crippen LogP contribution >= 0.6 is 0 Å². The molecule has 0 aromatic carbocycles.